The minimum atomic E-state index is 0.718. The highest BCUT2D eigenvalue weighted by molar-refractivity contribution is 7.97. The van der Waals surface area contributed by atoms with Crippen LogP contribution in [0.3, 0.4) is 0 Å². The van der Waals surface area contributed by atoms with Gasteiger partial charge in [0.15, 0.2) is 0 Å². The maximum atomic E-state index is 4.27. The Morgan fingerprint density at radius 3 is 3.19 bits per heavy atom. The summed E-state index contributed by atoms with van der Waals surface area (Å²) in [5.74, 6) is 1.92. The lowest BCUT2D eigenvalue weighted by atomic mass is 10.3. The van der Waals surface area contributed by atoms with E-state index < -0.39 is 0 Å². The summed E-state index contributed by atoms with van der Waals surface area (Å²) in [5, 5.41) is 3.25. The molecule has 5 heteroatoms. The lowest BCUT2D eigenvalue weighted by Gasteiger charge is -2.05. The molecule has 16 heavy (non-hydrogen) atoms. The predicted octanol–water partition coefficient (Wildman–Crippen LogP) is 2.28. The van der Waals surface area contributed by atoms with Crippen LogP contribution in [0.5, 0.6) is 0 Å². The molecular formula is C11H14N4S. The van der Waals surface area contributed by atoms with E-state index in [9.17, 15) is 0 Å². The van der Waals surface area contributed by atoms with Crippen molar-refractivity contribution in [1.82, 2.24) is 15.0 Å². The minimum absolute atomic E-state index is 0.718. The van der Waals surface area contributed by atoms with Gasteiger partial charge in [-0.05, 0) is 24.0 Å². The minimum Gasteiger partial charge on any atom is -0.364 e. The highest BCUT2D eigenvalue weighted by Crippen LogP contribution is 2.12. The van der Waals surface area contributed by atoms with Gasteiger partial charge in [0.1, 0.15) is 5.82 Å². The Morgan fingerprint density at radius 2 is 2.44 bits per heavy atom. The fourth-order valence-electron chi connectivity index (χ4n) is 1.39. The summed E-state index contributed by atoms with van der Waals surface area (Å²) in [5.41, 5.74) is 2.34. The molecule has 2 heterocycles. The maximum Gasteiger partial charge on any atom is 0.126 e. The topological polar surface area (TPSA) is 53.6 Å². The summed E-state index contributed by atoms with van der Waals surface area (Å²) in [6.07, 6.45) is 7.41. The number of nitrogens with one attached hydrogen (secondary N) is 2. The van der Waals surface area contributed by atoms with Gasteiger partial charge in [0.2, 0.25) is 0 Å². The number of anilines is 1. The number of H-pyrrole nitrogens is 1. The average Bonchev–Trinajstić information content (AvgIpc) is 2.80. The fraction of sp³-hybridized carbons (Fsp3) is 0.273. The van der Waals surface area contributed by atoms with Crippen LogP contribution in [0.1, 0.15) is 11.3 Å². The molecule has 0 fully saturated rings. The van der Waals surface area contributed by atoms with Gasteiger partial charge >= 0.3 is 0 Å². The normalized spacial score (nSPS) is 10.3. The van der Waals surface area contributed by atoms with E-state index in [1.54, 1.807) is 12.5 Å². The van der Waals surface area contributed by atoms with Crippen molar-refractivity contribution < 1.29 is 0 Å². The quantitative estimate of drug-likeness (QED) is 0.833. The molecule has 84 valence electrons. The zero-order valence-corrected chi connectivity index (χ0v) is 9.92. The van der Waals surface area contributed by atoms with E-state index in [2.05, 4.69) is 32.6 Å². The monoisotopic (exact) mass is 234 g/mol. The van der Waals surface area contributed by atoms with Gasteiger partial charge in [-0.25, -0.2) is 9.97 Å². The summed E-state index contributed by atoms with van der Waals surface area (Å²) in [6, 6.07) is 4.12. The maximum absolute atomic E-state index is 4.27. The van der Waals surface area contributed by atoms with Crippen LogP contribution in [0.2, 0.25) is 0 Å². The standard InChI is InChI=1S/C11H14N4S/c1-16-7-9-2-3-13-11(4-9)14-6-10-5-12-8-15-10/h2-5,8H,6-7H2,1H3,(H,12,15)(H,13,14). The van der Waals surface area contributed by atoms with Crippen LogP contribution in [-0.4, -0.2) is 21.2 Å². The number of imidazole rings is 1. The lowest BCUT2D eigenvalue weighted by Crippen LogP contribution is -2.01. The van der Waals surface area contributed by atoms with E-state index in [-0.39, 0.29) is 0 Å². The number of aromatic amines is 1. The van der Waals surface area contributed by atoms with Crippen LogP contribution >= 0.6 is 11.8 Å². The second-order valence-corrected chi connectivity index (χ2v) is 4.28. The van der Waals surface area contributed by atoms with E-state index in [0.29, 0.717) is 0 Å². The molecule has 0 aromatic carbocycles. The Bertz CT molecular complexity index is 427. The van der Waals surface area contributed by atoms with Crippen LogP contribution < -0.4 is 5.32 Å². The van der Waals surface area contributed by atoms with Gasteiger partial charge in [-0.15, -0.1) is 0 Å². The van der Waals surface area contributed by atoms with Gasteiger partial charge in [-0.1, -0.05) is 0 Å². The van der Waals surface area contributed by atoms with Gasteiger partial charge in [0, 0.05) is 18.1 Å². The molecule has 2 aromatic heterocycles. The number of aromatic nitrogens is 3. The van der Waals surface area contributed by atoms with Crippen molar-refractivity contribution in [2.45, 2.75) is 12.3 Å². The molecule has 0 radical (unpaired) electrons. The lowest BCUT2D eigenvalue weighted by molar-refractivity contribution is 1.05. The second-order valence-electron chi connectivity index (χ2n) is 3.41. The molecule has 0 bridgehead atoms. The number of thioether (sulfide) groups is 1. The van der Waals surface area contributed by atoms with Crippen molar-refractivity contribution in [2.75, 3.05) is 11.6 Å². The third-order valence-corrected chi connectivity index (χ3v) is 2.77. The third kappa shape index (κ3) is 3.00. The first-order valence-electron chi connectivity index (χ1n) is 5.03. The van der Waals surface area contributed by atoms with Gasteiger partial charge in [-0.2, -0.15) is 11.8 Å². The zero-order valence-electron chi connectivity index (χ0n) is 9.10. The summed E-state index contributed by atoms with van der Waals surface area (Å²) in [7, 11) is 0. The van der Waals surface area contributed by atoms with Crippen LogP contribution in [-0.2, 0) is 12.3 Å². The van der Waals surface area contributed by atoms with E-state index in [1.807, 2.05) is 24.0 Å². The Labute approximate surface area is 98.9 Å². The van der Waals surface area contributed by atoms with Crippen molar-refractivity contribution in [3.05, 3.63) is 42.1 Å². The summed E-state index contributed by atoms with van der Waals surface area (Å²) in [4.78, 5) is 11.3. The second kappa shape index (κ2) is 5.55. The molecule has 2 aromatic rings. The molecule has 0 amide bonds. The summed E-state index contributed by atoms with van der Waals surface area (Å²) < 4.78 is 0. The van der Waals surface area contributed by atoms with Crippen molar-refractivity contribution in [3.8, 4) is 0 Å². The SMILES string of the molecule is CSCc1ccnc(NCc2cnc[nH]2)c1. The molecule has 4 nitrogen and oxygen atoms in total. The van der Waals surface area contributed by atoms with Crippen molar-refractivity contribution in [1.29, 1.82) is 0 Å². The van der Waals surface area contributed by atoms with E-state index >= 15 is 0 Å². The third-order valence-electron chi connectivity index (χ3n) is 2.15. The largest absolute Gasteiger partial charge is 0.364 e. The molecular weight excluding hydrogens is 220 g/mol. The van der Waals surface area contributed by atoms with Gasteiger partial charge in [0.05, 0.1) is 18.6 Å². The van der Waals surface area contributed by atoms with Crippen LogP contribution in [0.15, 0.2) is 30.9 Å². The Hall–Kier alpha value is -1.49. The molecule has 0 aliphatic rings. The zero-order chi connectivity index (χ0) is 11.2. The van der Waals surface area contributed by atoms with E-state index in [0.717, 1.165) is 23.8 Å². The Kier molecular flexibility index (Phi) is 3.82. The summed E-state index contributed by atoms with van der Waals surface area (Å²) in [6.45, 7) is 0.718. The smallest absolute Gasteiger partial charge is 0.126 e. The van der Waals surface area contributed by atoms with Crippen molar-refractivity contribution in [3.63, 3.8) is 0 Å². The van der Waals surface area contributed by atoms with Gasteiger partial charge < -0.3 is 10.3 Å². The number of pyridine rings is 1. The Balaban J connectivity index is 1.96. The highest BCUT2D eigenvalue weighted by Gasteiger charge is 1.98. The Morgan fingerprint density at radius 1 is 1.50 bits per heavy atom. The average molecular weight is 234 g/mol. The number of hydrogen-bond donors (Lipinski definition) is 2. The van der Waals surface area contributed by atoms with Crippen molar-refractivity contribution in [2.24, 2.45) is 0 Å². The number of nitrogens with zero attached hydrogens (tertiary/aromatic N) is 2. The van der Waals surface area contributed by atoms with Crippen molar-refractivity contribution >= 4 is 17.6 Å². The molecule has 0 saturated heterocycles. The molecule has 2 rings (SSSR count). The number of hydrogen-bond acceptors (Lipinski definition) is 4. The first-order chi connectivity index (χ1) is 7.88. The first kappa shape index (κ1) is 11.0. The summed E-state index contributed by atoms with van der Waals surface area (Å²) >= 11 is 1.81. The molecule has 0 spiro atoms. The van der Waals surface area contributed by atoms with E-state index in [4.69, 9.17) is 0 Å². The van der Waals surface area contributed by atoms with Gasteiger partial charge in [-0.3, -0.25) is 0 Å². The number of rotatable bonds is 5. The van der Waals surface area contributed by atoms with Gasteiger partial charge in [0.25, 0.3) is 0 Å². The molecule has 0 aliphatic heterocycles. The van der Waals surface area contributed by atoms with Crippen LogP contribution in [0.25, 0.3) is 0 Å². The van der Waals surface area contributed by atoms with E-state index in [1.165, 1.54) is 5.56 Å². The first-order valence-corrected chi connectivity index (χ1v) is 6.43. The molecule has 0 unspecified atom stereocenters. The molecule has 0 saturated carbocycles. The molecule has 0 atom stereocenters. The van der Waals surface area contributed by atoms with Crippen LogP contribution in [0, 0.1) is 0 Å². The molecule has 2 N–H and O–H groups in total. The highest BCUT2D eigenvalue weighted by atomic mass is 32.2. The molecule has 0 aliphatic carbocycles. The van der Waals surface area contributed by atoms with Crippen LogP contribution in [0.4, 0.5) is 5.82 Å². The predicted molar refractivity (Wildman–Crippen MR) is 67.4 cm³/mol. The fourth-order valence-corrected chi connectivity index (χ4v) is 1.91.